The van der Waals surface area contributed by atoms with E-state index < -0.39 is 17.8 Å². The fourth-order valence-electron chi connectivity index (χ4n) is 4.73. The number of halogens is 3. The van der Waals surface area contributed by atoms with Crippen molar-refractivity contribution in [1.82, 2.24) is 14.7 Å². The van der Waals surface area contributed by atoms with Crippen LogP contribution in [0.25, 0.3) is 0 Å². The van der Waals surface area contributed by atoms with Gasteiger partial charge in [0, 0.05) is 31.9 Å². The number of hydrogen-bond acceptors (Lipinski definition) is 5. The first kappa shape index (κ1) is 25.3. The minimum atomic E-state index is -4.46. The SMILES string of the molecule is CCN(CC)C(=O)C1=C(C)N=C2SC=C(CC(=O)N3CCCC3)N2C1c1ccc(C(F)(F)F)cc1. The molecule has 1 aromatic carbocycles. The van der Waals surface area contributed by atoms with Crippen LogP contribution in [0, 0.1) is 0 Å². The summed E-state index contributed by atoms with van der Waals surface area (Å²) in [5.41, 5.74) is 1.44. The Morgan fingerprint density at radius 3 is 2.31 bits per heavy atom. The molecule has 0 aliphatic carbocycles. The summed E-state index contributed by atoms with van der Waals surface area (Å²) < 4.78 is 39.7. The van der Waals surface area contributed by atoms with Crippen molar-refractivity contribution in [1.29, 1.82) is 0 Å². The number of amides is 2. The van der Waals surface area contributed by atoms with Gasteiger partial charge < -0.3 is 14.7 Å². The van der Waals surface area contributed by atoms with E-state index in [4.69, 9.17) is 0 Å². The third-order valence-corrected chi connectivity index (χ3v) is 7.52. The van der Waals surface area contributed by atoms with Crippen LogP contribution >= 0.6 is 11.8 Å². The van der Waals surface area contributed by atoms with Crippen molar-refractivity contribution in [2.45, 2.75) is 52.3 Å². The Labute approximate surface area is 207 Å². The highest BCUT2D eigenvalue weighted by Crippen LogP contribution is 2.45. The number of allylic oxidation sites excluding steroid dienone is 1. The average molecular weight is 507 g/mol. The number of hydrogen-bond donors (Lipinski definition) is 0. The van der Waals surface area contributed by atoms with Gasteiger partial charge in [-0.2, -0.15) is 13.2 Å². The number of nitrogens with zero attached hydrogens (tertiary/aromatic N) is 4. The number of carbonyl (C=O) groups is 2. The van der Waals surface area contributed by atoms with E-state index in [1.54, 1.807) is 11.8 Å². The van der Waals surface area contributed by atoms with Crippen LogP contribution in [0.1, 0.15) is 57.2 Å². The van der Waals surface area contributed by atoms with Gasteiger partial charge in [0.1, 0.15) is 0 Å². The number of likely N-dealkylation sites (N-methyl/N-ethyl adjacent to an activating group) is 1. The molecule has 10 heteroatoms. The van der Waals surface area contributed by atoms with Crippen LogP contribution in [0.3, 0.4) is 0 Å². The zero-order valence-electron chi connectivity index (χ0n) is 20.1. The van der Waals surface area contributed by atoms with E-state index in [0.717, 1.165) is 38.1 Å². The third-order valence-electron chi connectivity index (χ3n) is 6.63. The zero-order chi connectivity index (χ0) is 25.3. The van der Waals surface area contributed by atoms with Crippen molar-refractivity contribution >= 4 is 28.7 Å². The van der Waals surface area contributed by atoms with Crippen LogP contribution in [-0.2, 0) is 15.8 Å². The summed E-state index contributed by atoms with van der Waals surface area (Å²) in [6, 6.07) is 4.24. The lowest BCUT2D eigenvalue weighted by Gasteiger charge is -2.38. The number of rotatable bonds is 6. The first-order valence-corrected chi connectivity index (χ1v) is 12.7. The third kappa shape index (κ3) is 4.98. The molecule has 0 bridgehead atoms. The largest absolute Gasteiger partial charge is 0.416 e. The molecule has 1 aromatic rings. The van der Waals surface area contributed by atoms with Crippen LogP contribution in [0.5, 0.6) is 0 Å². The average Bonchev–Trinajstić information content (AvgIpc) is 3.49. The molecule has 188 valence electrons. The second-order valence-electron chi connectivity index (χ2n) is 8.75. The van der Waals surface area contributed by atoms with E-state index >= 15 is 0 Å². The molecule has 3 aliphatic heterocycles. The smallest absolute Gasteiger partial charge is 0.342 e. The van der Waals surface area contributed by atoms with E-state index in [1.807, 2.05) is 29.1 Å². The van der Waals surface area contributed by atoms with Crippen LogP contribution in [0.2, 0.25) is 0 Å². The van der Waals surface area contributed by atoms with Crippen molar-refractivity contribution < 1.29 is 22.8 Å². The molecule has 1 unspecified atom stereocenters. The number of likely N-dealkylation sites (tertiary alicyclic amines) is 1. The topological polar surface area (TPSA) is 56.2 Å². The highest BCUT2D eigenvalue weighted by Gasteiger charge is 2.42. The lowest BCUT2D eigenvalue weighted by molar-refractivity contribution is -0.137. The summed E-state index contributed by atoms with van der Waals surface area (Å²) in [5.74, 6) is -0.202. The molecule has 6 nitrogen and oxygen atoms in total. The molecule has 0 spiro atoms. The number of aliphatic imine (C=N–C) groups is 1. The van der Waals surface area contributed by atoms with Gasteiger partial charge in [-0.05, 0) is 56.7 Å². The Kier molecular flexibility index (Phi) is 7.30. The first-order chi connectivity index (χ1) is 16.7. The van der Waals surface area contributed by atoms with Crippen molar-refractivity contribution in [3.63, 3.8) is 0 Å². The molecular formula is C25H29F3N4O2S. The summed E-state index contributed by atoms with van der Waals surface area (Å²) in [5, 5.41) is 2.48. The minimum Gasteiger partial charge on any atom is -0.342 e. The van der Waals surface area contributed by atoms with E-state index in [0.29, 0.717) is 40.8 Å². The lowest BCUT2D eigenvalue weighted by Crippen LogP contribution is -2.42. The van der Waals surface area contributed by atoms with Gasteiger partial charge in [0.15, 0.2) is 5.17 Å². The first-order valence-electron chi connectivity index (χ1n) is 11.8. The highest BCUT2D eigenvalue weighted by molar-refractivity contribution is 8.16. The number of benzene rings is 1. The normalized spacial score (nSPS) is 20.1. The zero-order valence-corrected chi connectivity index (χ0v) is 20.9. The van der Waals surface area contributed by atoms with E-state index in [1.165, 1.54) is 23.9 Å². The minimum absolute atomic E-state index is 0.00432. The molecule has 0 N–H and O–H groups in total. The van der Waals surface area contributed by atoms with Crippen LogP contribution in [0.15, 0.2) is 51.6 Å². The van der Waals surface area contributed by atoms with Gasteiger partial charge in [0.25, 0.3) is 5.91 Å². The van der Waals surface area contributed by atoms with Gasteiger partial charge in [0.2, 0.25) is 5.91 Å². The van der Waals surface area contributed by atoms with Crippen LogP contribution in [-0.4, -0.2) is 57.9 Å². The molecule has 35 heavy (non-hydrogen) atoms. The number of thioether (sulfide) groups is 1. The fourth-order valence-corrected chi connectivity index (χ4v) is 5.69. The maximum absolute atomic E-state index is 13.6. The molecule has 1 atom stereocenters. The van der Waals surface area contributed by atoms with E-state index in [-0.39, 0.29) is 18.2 Å². The molecule has 0 aromatic heterocycles. The van der Waals surface area contributed by atoms with Gasteiger partial charge in [-0.1, -0.05) is 23.9 Å². The monoisotopic (exact) mass is 506 g/mol. The van der Waals surface area contributed by atoms with Gasteiger partial charge >= 0.3 is 6.18 Å². The molecule has 0 saturated carbocycles. The van der Waals surface area contributed by atoms with Gasteiger partial charge in [-0.25, -0.2) is 4.99 Å². The molecule has 1 saturated heterocycles. The molecule has 2 amide bonds. The quantitative estimate of drug-likeness (QED) is 0.535. The second-order valence-corrected chi connectivity index (χ2v) is 9.59. The molecule has 4 rings (SSSR count). The van der Waals surface area contributed by atoms with Gasteiger partial charge in [-0.3, -0.25) is 9.59 Å². The fraction of sp³-hybridized carbons (Fsp3) is 0.480. The number of alkyl halides is 3. The Hall–Kier alpha value is -2.75. The molecule has 0 radical (unpaired) electrons. The maximum Gasteiger partial charge on any atom is 0.416 e. The lowest BCUT2D eigenvalue weighted by atomic mass is 9.92. The maximum atomic E-state index is 13.6. The Morgan fingerprint density at radius 1 is 1.11 bits per heavy atom. The predicted octanol–water partition coefficient (Wildman–Crippen LogP) is 5.16. The Balaban J connectivity index is 1.75. The van der Waals surface area contributed by atoms with Crippen LogP contribution in [0.4, 0.5) is 13.2 Å². The summed E-state index contributed by atoms with van der Waals surface area (Å²) in [6.07, 6.45) is -2.35. The molecule has 3 aliphatic rings. The second kappa shape index (κ2) is 10.1. The van der Waals surface area contributed by atoms with E-state index in [9.17, 15) is 22.8 Å². The molecule has 3 heterocycles. The highest BCUT2D eigenvalue weighted by atomic mass is 32.2. The van der Waals surface area contributed by atoms with Gasteiger partial charge in [-0.15, -0.1) is 0 Å². The van der Waals surface area contributed by atoms with Crippen molar-refractivity contribution in [3.05, 3.63) is 57.8 Å². The van der Waals surface area contributed by atoms with Crippen molar-refractivity contribution in [2.24, 2.45) is 4.99 Å². The number of carbonyl (C=O) groups excluding carboxylic acids is 2. The van der Waals surface area contributed by atoms with Gasteiger partial charge in [0.05, 0.1) is 29.3 Å². The standard InChI is InChI=1S/C25H29F3N4O2S/c1-4-30(5-2)23(34)21-16(3)29-24-32(19(15-35-24)14-20(33)31-12-6-7-13-31)22(21)17-8-10-18(11-9-17)25(26,27)28/h8-11,15,22H,4-7,12-14H2,1-3H3. The Bertz CT molecular complexity index is 1080. The molecular weight excluding hydrogens is 477 g/mol. The van der Waals surface area contributed by atoms with Crippen molar-refractivity contribution in [2.75, 3.05) is 26.2 Å². The number of amidine groups is 1. The number of fused-ring (bicyclic) bond motifs is 1. The summed E-state index contributed by atoms with van der Waals surface area (Å²) in [7, 11) is 0. The summed E-state index contributed by atoms with van der Waals surface area (Å²) in [6.45, 7) is 7.97. The van der Waals surface area contributed by atoms with Crippen LogP contribution < -0.4 is 0 Å². The predicted molar refractivity (Wildman–Crippen MR) is 130 cm³/mol. The van der Waals surface area contributed by atoms with E-state index in [2.05, 4.69) is 4.99 Å². The summed E-state index contributed by atoms with van der Waals surface area (Å²) >= 11 is 1.37. The summed E-state index contributed by atoms with van der Waals surface area (Å²) in [4.78, 5) is 36.6. The Morgan fingerprint density at radius 2 is 1.74 bits per heavy atom. The van der Waals surface area contributed by atoms with Crippen molar-refractivity contribution in [3.8, 4) is 0 Å². The molecule has 1 fully saturated rings.